The summed E-state index contributed by atoms with van der Waals surface area (Å²) in [6, 6.07) is 1.33. The van der Waals surface area contributed by atoms with Crippen LogP contribution in [-0.4, -0.2) is 50.1 Å². The van der Waals surface area contributed by atoms with Crippen LogP contribution >= 0.6 is 0 Å². The maximum absolute atomic E-state index is 11.5. The molecule has 2 aliphatic rings. The number of rotatable bonds is 1. The number of aromatic nitrogens is 2. The Bertz CT molecular complexity index is 479. The number of carbonyl (C=O) groups is 1. The summed E-state index contributed by atoms with van der Waals surface area (Å²) >= 11 is 0. The molecule has 0 aliphatic carbocycles. The van der Waals surface area contributed by atoms with E-state index in [1.807, 2.05) is 25.3 Å². The largest absolute Gasteiger partial charge is 0.344 e. The summed E-state index contributed by atoms with van der Waals surface area (Å²) in [5.41, 5.74) is 1.86. The lowest BCUT2D eigenvalue weighted by molar-refractivity contribution is -0.0450. The van der Waals surface area contributed by atoms with Gasteiger partial charge in [0.05, 0.1) is 24.0 Å². The van der Waals surface area contributed by atoms with Crippen molar-refractivity contribution < 1.29 is 10.0 Å². The maximum Gasteiger partial charge on any atom is 0.344 e. The number of urea groups is 1. The van der Waals surface area contributed by atoms with Crippen molar-refractivity contribution in [2.24, 2.45) is 0 Å². The molecule has 0 saturated carbocycles. The van der Waals surface area contributed by atoms with Crippen LogP contribution in [0.15, 0.2) is 18.3 Å². The van der Waals surface area contributed by atoms with E-state index in [4.69, 9.17) is 0 Å². The van der Waals surface area contributed by atoms with Crippen molar-refractivity contribution in [3.63, 3.8) is 0 Å². The highest BCUT2D eigenvalue weighted by atomic mass is 16.5. The minimum Gasteiger partial charge on any atom is -0.314 e. The molecule has 1 saturated heterocycles. The molecule has 16 heavy (non-hydrogen) atoms. The average molecular weight is 220 g/mol. The van der Waals surface area contributed by atoms with E-state index >= 15 is 0 Å². The fourth-order valence-corrected chi connectivity index (χ4v) is 2.12. The Morgan fingerprint density at radius 2 is 2.38 bits per heavy atom. The molecular weight excluding hydrogens is 208 g/mol. The minimum atomic E-state index is -0.333. The quantitative estimate of drug-likeness (QED) is 0.703. The molecule has 0 spiro atoms. The normalized spacial score (nSPS) is 24.0. The first kappa shape index (κ1) is 9.41. The highest BCUT2D eigenvalue weighted by molar-refractivity contribution is 5.79. The van der Waals surface area contributed by atoms with Gasteiger partial charge in [-0.3, -0.25) is 5.21 Å². The summed E-state index contributed by atoms with van der Waals surface area (Å²) in [7, 11) is 0. The van der Waals surface area contributed by atoms with E-state index in [2.05, 4.69) is 5.10 Å². The molecule has 1 N–H and O–H groups in total. The Morgan fingerprint density at radius 3 is 3.00 bits per heavy atom. The zero-order valence-corrected chi connectivity index (χ0v) is 8.87. The lowest BCUT2D eigenvalue weighted by atomic mass is 10.2. The molecule has 1 atom stereocenters. The number of fused-ring (bicyclic) bond motifs is 2. The molecular formula is C10H12N4O2. The van der Waals surface area contributed by atoms with E-state index in [-0.39, 0.29) is 12.1 Å². The van der Waals surface area contributed by atoms with Gasteiger partial charge < -0.3 is 4.90 Å². The monoisotopic (exact) mass is 220 g/mol. The van der Waals surface area contributed by atoms with Crippen molar-refractivity contribution in [2.45, 2.75) is 13.0 Å². The number of hydrogen-bond acceptors (Lipinski definition) is 3. The summed E-state index contributed by atoms with van der Waals surface area (Å²) in [5.74, 6) is 0. The van der Waals surface area contributed by atoms with Crippen LogP contribution in [0.5, 0.6) is 0 Å². The maximum atomic E-state index is 11.5. The summed E-state index contributed by atoms with van der Waals surface area (Å²) in [5, 5.41) is 14.6. The van der Waals surface area contributed by atoms with Gasteiger partial charge in [0.15, 0.2) is 0 Å². The second-order valence-electron chi connectivity index (χ2n) is 4.13. The molecule has 1 aromatic heterocycles. The molecule has 0 aromatic carbocycles. The summed E-state index contributed by atoms with van der Waals surface area (Å²) in [6.45, 7) is 2.96. The van der Waals surface area contributed by atoms with Crippen LogP contribution in [0.3, 0.4) is 0 Å². The minimum absolute atomic E-state index is 0.249. The zero-order chi connectivity index (χ0) is 11.3. The predicted molar refractivity (Wildman–Crippen MR) is 55.6 cm³/mol. The molecule has 6 nitrogen and oxygen atoms in total. The highest BCUT2D eigenvalue weighted by Crippen LogP contribution is 2.24. The summed E-state index contributed by atoms with van der Waals surface area (Å²) in [6.07, 6.45) is 3.74. The second kappa shape index (κ2) is 3.08. The van der Waals surface area contributed by atoms with Crippen molar-refractivity contribution >= 4 is 11.7 Å². The first-order valence-electron chi connectivity index (χ1n) is 5.15. The average Bonchev–Trinajstić information content (AvgIpc) is 2.79. The molecule has 2 amide bonds. The van der Waals surface area contributed by atoms with Crippen LogP contribution in [0, 0.1) is 6.92 Å². The molecule has 6 heteroatoms. The topological polar surface area (TPSA) is 61.6 Å². The standard InChI is InChI=1S/C10H12N4O2/c1-7-2-3-13(11-7)8-4-9-6-12(5-8)10(15)14(9)16/h2-4,9,16H,5-6H2,1H3. The molecule has 2 bridgehead atoms. The Labute approximate surface area is 92.3 Å². The Morgan fingerprint density at radius 1 is 1.56 bits per heavy atom. The van der Waals surface area contributed by atoms with Gasteiger partial charge >= 0.3 is 6.03 Å². The van der Waals surface area contributed by atoms with E-state index in [1.54, 1.807) is 9.58 Å². The van der Waals surface area contributed by atoms with E-state index in [1.165, 1.54) is 0 Å². The molecule has 0 radical (unpaired) electrons. The van der Waals surface area contributed by atoms with Crippen molar-refractivity contribution in [3.05, 3.63) is 24.0 Å². The van der Waals surface area contributed by atoms with Gasteiger partial charge in [0, 0.05) is 12.7 Å². The van der Waals surface area contributed by atoms with Crippen LogP contribution in [0.25, 0.3) is 5.70 Å². The van der Waals surface area contributed by atoms with Gasteiger partial charge in [0.25, 0.3) is 0 Å². The van der Waals surface area contributed by atoms with Crippen molar-refractivity contribution in [1.82, 2.24) is 19.7 Å². The lowest BCUT2D eigenvalue weighted by Crippen LogP contribution is -2.31. The third-order valence-corrected chi connectivity index (χ3v) is 2.94. The molecule has 1 fully saturated rings. The van der Waals surface area contributed by atoms with Crippen molar-refractivity contribution in [3.8, 4) is 0 Å². The van der Waals surface area contributed by atoms with Crippen LogP contribution in [0.4, 0.5) is 4.79 Å². The third kappa shape index (κ3) is 1.23. The summed E-state index contributed by atoms with van der Waals surface area (Å²) in [4.78, 5) is 13.1. The smallest absolute Gasteiger partial charge is 0.314 e. The second-order valence-corrected chi connectivity index (χ2v) is 4.13. The van der Waals surface area contributed by atoms with E-state index in [0.717, 1.165) is 16.5 Å². The van der Waals surface area contributed by atoms with Gasteiger partial charge in [0.1, 0.15) is 0 Å². The number of hydrogen-bond donors (Lipinski definition) is 1. The Kier molecular flexibility index (Phi) is 1.81. The number of nitrogens with zero attached hydrogens (tertiary/aromatic N) is 4. The molecule has 2 aliphatic heterocycles. The molecule has 3 rings (SSSR count). The Hall–Kier alpha value is -1.82. The van der Waals surface area contributed by atoms with Gasteiger partial charge in [-0.15, -0.1) is 0 Å². The van der Waals surface area contributed by atoms with Crippen LogP contribution < -0.4 is 0 Å². The first-order valence-corrected chi connectivity index (χ1v) is 5.15. The number of hydroxylamine groups is 2. The molecule has 1 unspecified atom stereocenters. The van der Waals surface area contributed by atoms with Crippen LogP contribution in [-0.2, 0) is 0 Å². The van der Waals surface area contributed by atoms with Crippen LogP contribution in [0.1, 0.15) is 5.69 Å². The lowest BCUT2D eigenvalue weighted by Gasteiger charge is -2.20. The van der Waals surface area contributed by atoms with Crippen molar-refractivity contribution in [2.75, 3.05) is 13.1 Å². The third-order valence-electron chi connectivity index (χ3n) is 2.94. The number of carbonyl (C=O) groups excluding carboxylic acids is 1. The van der Waals surface area contributed by atoms with Crippen LogP contribution in [0.2, 0.25) is 0 Å². The summed E-state index contributed by atoms with van der Waals surface area (Å²) < 4.78 is 1.75. The highest BCUT2D eigenvalue weighted by Gasteiger charge is 2.39. The molecule has 84 valence electrons. The Balaban J connectivity index is 1.95. The fourth-order valence-electron chi connectivity index (χ4n) is 2.12. The number of aryl methyl sites for hydroxylation is 1. The first-order chi connectivity index (χ1) is 7.65. The zero-order valence-electron chi connectivity index (χ0n) is 8.87. The van der Waals surface area contributed by atoms with Crippen molar-refractivity contribution in [1.29, 1.82) is 0 Å². The SMILES string of the molecule is Cc1ccn(C2=CC3CN(C2)C(=O)N3O)n1. The van der Waals surface area contributed by atoms with Gasteiger partial charge in [-0.25, -0.2) is 9.48 Å². The van der Waals surface area contributed by atoms with E-state index < -0.39 is 0 Å². The fraction of sp³-hybridized carbons (Fsp3) is 0.400. The predicted octanol–water partition coefficient (Wildman–Crippen LogP) is 0.541. The van der Waals surface area contributed by atoms with Gasteiger partial charge in [-0.2, -0.15) is 10.2 Å². The van der Waals surface area contributed by atoms with E-state index in [9.17, 15) is 10.0 Å². The molecule has 3 heterocycles. The van der Waals surface area contributed by atoms with E-state index in [0.29, 0.717) is 13.1 Å². The number of amides is 2. The molecule has 1 aromatic rings. The van der Waals surface area contributed by atoms with Gasteiger partial charge in [-0.1, -0.05) is 0 Å². The van der Waals surface area contributed by atoms with Gasteiger partial charge in [0.2, 0.25) is 0 Å². The van der Waals surface area contributed by atoms with Gasteiger partial charge in [-0.05, 0) is 19.1 Å².